The molecule has 0 spiro atoms. The molecule has 0 bridgehead atoms. The number of thiophene rings is 1. The predicted molar refractivity (Wildman–Crippen MR) is 65.7 cm³/mol. The highest BCUT2D eigenvalue weighted by Gasteiger charge is 2.12. The number of carbonyl (C=O) groups is 1. The zero-order valence-corrected chi connectivity index (χ0v) is 10.4. The summed E-state index contributed by atoms with van der Waals surface area (Å²) in [6, 6.07) is 1.77. The molecule has 1 rings (SSSR count). The number of nitrogens with two attached hydrogens (primary N) is 1. The van der Waals surface area contributed by atoms with Crippen LogP contribution in [0.5, 0.6) is 0 Å². The monoisotopic (exact) mass is 245 g/mol. The Hall–Kier alpha value is -0.380. The Kier molecular flexibility index (Phi) is 5.29. The van der Waals surface area contributed by atoms with E-state index >= 15 is 0 Å². The SMILES string of the molecule is CC(CCN)CCC(=O)c1sccc1Cl. The van der Waals surface area contributed by atoms with Crippen molar-refractivity contribution in [3.05, 3.63) is 21.3 Å². The smallest absolute Gasteiger partial charge is 0.174 e. The first-order valence-electron chi connectivity index (χ1n) is 5.11. The Morgan fingerprint density at radius 1 is 1.60 bits per heavy atom. The van der Waals surface area contributed by atoms with E-state index in [4.69, 9.17) is 17.3 Å². The van der Waals surface area contributed by atoms with Crippen LogP contribution in [0.3, 0.4) is 0 Å². The highest BCUT2D eigenvalue weighted by atomic mass is 35.5. The van der Waals surface area contributed by atoms with Crippen molar-refractivity contribution in [1.29, 1.82) is 0 Å². The third kappa shape index (κ3) is 3.93. The fraction of sp³-hybridized carbons (Fsp3) is 0.545. The largest absolute Gasteiger partial charge is 0.330 e. The lowest BCUT2D eigenvalue weighted by atomic mass is 10.00. The van der Waals surface area contributed by atoms with Crippen LogP contribution in [0.25, 0.3) is 0 Å². The Morgan fingerprint density at radius 2 is 2.33 bits per heavy atom. The number of carbonyl (C=O) groups excluding carboxylic acids is 1. The summed E-state index contributed by atoms with van der Waals surface area (Å²) in [4.78, 5) is 12.4. The number of ketones is 1. The molecule has 1 atom stereocenters. The molecule has 0 fully saturated rings. The van der Waals surface area contributed by atoms with Gasteiger partial charge in [-0.2, -0.15) is 0 Å². The van der Waals surface area contributed by atoms with Crippen molar-refractivity contribution < 1.29 is 4.79 Å². The van der Waals surface area contributed by atoms with Gasteiger partial charge in [-0.15, -0.1) is 11.3 Å². The van der Waals surface area contributed by atoms with Gasteiger partial charge in [-0.05, 0) is 36.8 Å². The van der Waals surface area contributed by atoms with Crippen LogP contribution in [0, 0.1) is 5.92 Å². The molecule has 0 aliphatic heterocycles. The number of hydrogen-bond acceptors (Lipinski definition) is 3. The average molecular weight is 246 g/mol. The maximum atomic E-state index is 11.7. The van der Waals surface area contributed by atoms with Crippen LogP contribution < -0.4 is 5.73 Å². The maximum absolute atomic E-state index is 11.7. The van der Waals surface area contributed by atoms with Crippen LogP contribution in [0.2, 0.25) is 5.02 Å². The predicted octanol–water partition coefficient (Wildman–Crippen LogP) is 3.35. The van der Waals surface area contributed by atoms with Gasteiger partial charge in [-0.25, -0.2) is 0 Å². The van der Waals surface area contributed by atoms with Crippen molar-refractivity contribution in [2.24, 2.45) is 11.7 Å². The quantitative estimate of drug-likeness (QED) is 0.781. The van der Waals surface area contributed by atoms with E-state index in [0.29, 0.717) is 28.8 Å². The molecule has 1 unspecified atom stereocenters. The number of Topliss-reactive ketones (excluding diaryl/α,β-unsaturated/α-hetero) is 1. The number of halogens is 1. The van der Waals surface area contributed by atoms with E-state index in [1.807, 2.05) is 5.38 Å². The first kappa shape index (κ1) is 12.7. The first-order valence-corrected chi connectivity index (χ1v) is 6.37. The average Bonchev–Trinajstić information content (AvgIpc) is 2.61. The summed E-state index contributed by atoms with van der Waals surface area (Å²) in [5.41, 5.74) is 5.45. The molecule has 1 aromatic rings. The second kappa shape index (κ2) is 6.26. The van der Waals surface area contributed by atoms with Gasteiger partial charge < -0.3 is 5.73 Å². The van der Waals surface area contributed by atoms with Gasteiger partial charge in [0.15, 0.2) is 5.78 Å². The Balaban J connectivity index is 2.40. The molecule has 0 saturated carbocycles. The lowest BCUT2D eigenvalue weighted by molar-refractivity contribution is 0.0978. The van der Waals surface area contributed by atoms with Crippen LogP contribution in [-0.4, -0.2) is 12.3 Å². The summed E-state index contributed by atoms with van der Waals surface area (Å²) in [6.45, 7) is 2.81. The molecule has 0 amide bonds. The molecule has 1 aromatic heterocycles. The van der Waals surface area contributed by atoms with Crippen LogP contribution >= 0.6 is 22.9 Å². The van der Waals surface area contributed by atoms with Crippen molar-refractivity contribution in [1.82, 2.24) is 0 Å². The summed E-state index contributed by atoms with van der Waals surface area (Å²) in [6.07, 6.45) is 2.44. The van der Waals surface area contributed by atoms with Gasteiger partial charge in [-0.1, -0.05) is 18.5 Å². The summed E-state index contributed by atoms with van der Waals surface area (Å²) in [7, 11) is 0. The van der Waals surface area contributed by atoms with Gasteiger partial charge in [-0.3, -0.25) is 4.79 Å². The van der Waals surface area contributed by atoms with Crippen molar-refractivity contribution >= 4 is 28.7 Å². The molecule has 84 valence electrons. The molecule has 0 saturated heterocycles. The highest BCUT2D eigenvalue weighted by Crippen LogP contribution is 2.24. The van der Waals surface area contributed by atoms with Crippen molar-refractivity contribution in [2.45, 2.75) is 26.2 Å². The number of rotatable bonds is 6. The molecule has 2 nitrogen and oxygen atoms in total. The Morgan fingerprint density at radius 3 is 2.87 bits per heavy atom. The standard InChI is InChI=1S/C11H16ClNOS/c1-8(4-6-13)2-3-10(14)11-9(12)5-7-15-11/h5,7-8H,2-4,6,13H2,1H3. The molecule has 1 heterocycles. The molecule has 0 aliphatic carbocycles. The van der Waals surface area contributed by atoms with E-state index in [9.17, 15) is 4.79 Å². The minimum absolute atomic E-state index is 0.152. The van der Waals surface area contributed by atoms with Crippen molar-refractivity contribution in [3.8, 4) is 0 Å². The van der Waals surface area contributed by atoms with Crippen molar-refractivity contribution in [3.63, 3.8) is 0 Å². The third-order valence-corrected chi connectivity index (χ3v) is 3.78. The molecular weight excluding hydrogens is 230 g/mol. The minimum atomic E-state index is 0.152. The normalized spacial score (nSPS) is 12.7. The summed E-state index contributed by atoms with van der Waals surface area (Å²) < 4.78 is 0. The van der Waals surface area contributed by atoms with Crippen LogP contribution in [0.4, 0.5) is 0 Å². The van der Waals surface area contributed by atoms with Crippen LogP contribution in [0.1, 0.15) is 35.9 Å². The van der Waals surface area contributed by atoms with E-state index < -0.39 is 0 Å². The van der Waals surface area contributed by atoms with Crippen molar-refractivity contribution in [2.75, 3.05) is 6.54 Å². The lowest BCUT2D eigenvalue weighted by Gasteiger charge is -2.08. The fourth-order valence-electron chi connectivity index (χ4n) is 1.41. The molecule has 15 heavy (non-hydrogen) atoms. The van der Waals surface area contributed by atoms with Gasteiger partial charge in [0.05, 0.1) is 9.90 Å². The summed E-state index contributed by atoms with van der Waals surface area (Å²) in [5.74, 6) is 0.663. The van der Waals surface area contributed by atoms with E-state index in [1.54, 1.807) is 6.07 Å². The molecule has 0 radical (unpaired) electrons. The maximum Gasteiger partial charge on any atom is 0.174 e. The zero-order chi connectivity index (χ0) is 11.3. The van der Waals surface area contributed by atoms with Gasteiger partial charge >= 0.3 is 0 Å². The van der Waals surface area contributed by atoms with Crippen LogP contribution in [0.15, 0.2) is 11.4 Å². The second-order valence-corrected chi connectivity index (χ2v) is 5.07. The van der Waals surface area contributed by atoms with Gasteiger partial charge in [0.1, 0.15) is 0 Å². The molecule has 0 aliphatic rings. The topological polar surface area (TPSA) is 43.1 Å². The van der Waals surface area contributed by atoms with E-state index in [0.717, 1.165) is 12.8 Å². The molecule has 0 aromatic carbocycles. The Bertz CT molecular complexity index is 324. The molecule has 4 heteroatoms. The third-order valence-electron chi connectivity index (χ3n) is 2.39. The first-order chi connectivity index (χ1) is 7.15. The zero-order valence-electron chi connectivity index (χ0n) is 8.83. The lowest BCUT2D eigenvalue weighted by Crippen LogP contribution is -2.07. The molecular formula is C11H16ClNOS. The van der Waals surface area contributed by atoms with Gasteiger partial charge in [0, 0.05) is 6.42 Å². The highest BCUT2D eigenvalue weighted by molar-refractivity contribution is 7.12. The van der Waals surface area contributed by atoms with Gasteiger partial charge in [0.25, 0.3) is 0 Å². The summed E-state index contributed by atoms with van der Waals surface area (Å²) in [5, 5.41) is 2.43. The fourth-order valence-corrected chi connectivity index (χ4v) is 2.54. The van der Waals surface area contributed by atoms with E-state index in [1.165, 1.54) is 11.3 Å². The Labute approximate surface area is 99.4 Å². The van der Waals surface area contributed by atoms with E-state index in [2.05, 4.69) is 6.92 Å². The minimum Gasteiger partial charge on any atom is -0.330 e. The molecule has 2 N–H and O–H groups in total. The number of hydrogen-bond donors (Lipinski definition) is 1. The summed E-state index contributed by atoms with van der Waals surface area (Å²) >= 11 is 7.30. The second-order valence-electron chi connectivity index (χ2n) is 3.74. The van der Waals surface area contributed by atoms with Crippen LogP contribution in [-0.2, 0) is 0 Å². The van der Waals surface area contributed by atoms with Gasteiger partial charge in [0.2, 0.25) is 0 Å². The van der Waals surface area contributed by atoms with E-state index in [-0.39, 0.29) is 5.78 Å².